The molecule has 1 aromatic heterocycles. The van der Waals surface area contributed by atoms with Crippen molar-refractivity contribution in [3.63, 3.8) is 0 Å². The summed E-state index contributed by atoms with van der Waals surface area (Å²) in [7, 11) is 0. The standard InChI is InChI=1S/C17H26N6O4/c1-2-3-4-5-13(10-22(27)12-24)17(26)23-14(6-9-20-23)16(25)21-15-7-8-18-11-19-15/h7-8,11-14,20,27H,2-6,9-10H2,1H3,(H,18,19,21,25). The molecular formula is C17H26N6O4. The number of aromatic nitrogens is 2. The van der Waals surface area contributed by atoms with Gasteiger partial charge in [-0.05, 0) is 18.9 Å². The Bertz CT molecular complexity index is 629. The van der Waals surface area contributed by atoms with E-state index in [0.717, 1.165) is 19.3 Å². The third-order valence-electron chi connectivity index (χ3n) is 4.42. The Morgan fingerprint density at radius 3 is 3.00 bits per heavy atom. The van der Waals surface area contributed by atoms with Gasteiger partial charge in [-0.2, -0.15) is 0 Å². The van der Waals surface area contributed by atoms with E-state index in [4.69, 9.17) is 0 Å². The van der Waals surface area contributed by atoms with Gasteiger partial charge in [0, 0.05) is 12.7 Å². The molecule has 10 nitrogen and oxygen atoms in total. The Kier molecular flexibility index (Phi) is 8.08. The maximum atomic E-state index is 13.0. The van der Waals surface area contributed by atoms with E-state index in [-0.39, 0.29) is 24.8 Å². The molecule has 2 unspecified atom stereocenters. The molecule has 1 aliphatic rings. The first kappa shape index (κ1) is 20.7. The third kappa shape index (κ3) is 5.97. The molecule has 0 aromatic carbocycles. The zero-order valence-electron chi connectivity index (χ0n) is 15.4. The van der Waals surface area contributed by atoms with E-state index in [9.17, 15) is 19.6 Å². The second kappa shape index (κ2) is 10.5. The fourth-order valence-electron chi connectivity index (χ4n) is 3.01. The van der Waals surface area contributed by atoms with Gasteiger partial charge in [-0.1, -0.05) is 26.2 Å². The van der Waals surface area contributed by atoms with Gasteiger partial charge in [0.15, 0.2) is 0 Å². The number of carbonyl (C=O) groups excluding carboxylic acids is 3. The van der Waals surface area contributed by atoms with Gasteiger partial charge < -0.3 is 5.32 Å². The molecule has 1 aromatic rings. The predicted molar refractivity (Wildman–Crippen MR) is 96.1 cm³/mol. The Morgan fingerprint density at radius 1 is 1.52 bits per heavy atom. The number of hydrazine groups is 1. The Balaban J connectivity index is 2.05. The van der Waals surface area contributed by atoms with Crippen LogP contribution >= 0.6 is 0 Å². The molecule has 1 aliphatic heterocycles. The van der Waals surface area contributed by atoms with Crippen molar-refractivity contribution in [2.75, 3.05) is 18.4 Å². The molecule has 3 amide bonds. The van der Waals surface area contributed by atoms with Crippen LogP contribution in [0.25, 0.3) is 0 Å². The van der Waals surface area contributed by atoms with Gasteiger partial charge in [0.25, 0.3) is 0 Å². The molecule has 0 saturated carbocycles. The third-order valence-corrected chi connectivity index (χ3v) is 4.42. The molecule has 2 rings (SSSR count). The van der Waals surface area contributed by atoms with Crippen LogP contribution in [0.4, 0.5) is 5.82 Å². The van der Waals surface area contributed by atoms with E-state index >= 15 is 0 Å². The molecule has 148 valence electrons. The summed E-state index contributed by atoms with van der Waals surface area (Å²) in [5.41, 5.74) is 2.94. The van der Waals surface area contributed by atoms with Crippen molar-refractivity contribution < 1.29 is 19.6 Å². The average Bonchev–Trinajstić information content (AvgIpc) is 3.17. The number of hydroxylamine groups is 2. The number of nitrogens with zero attached hydrogens (tertiary/aromatic N) is 4. The number of carbonyl (C=O) groups is 3. The molecule has 0 spiro atoms. The number of hydrogen-bond acceptors (Lipinski definition) is 7. The van der Waals surface area contributed by atoms with Crippen molar-refractivity contribution in [2.24, 2.45) is 5.92 Å². The predicted octanol–water partition coefficient (Wildman–Crippen LogP) is 0.565. The average molecular weight is 378 g/mol. The highest BCUT2D eigenvalue weighted by molar-refractivity contribution is 5.97. The fourth-order valence-corrected chi connectivity index (χ4v) is 3.01. The van der Waals surface area contributed by atoms with Crippen LogP contribution in [0, 0.1) is 5.92 Å². The minimum Gasteiger partial charge on any atom is -0.309 e. The van der Waals surface area contributed by atoms with Gasteiger partial charge >= 0.3 is 0 Å². The van der Waals surface area contributed by atoms with E-state index in [1.807, 2.05) is 0 Å². The summed E-state index contributed by atoms with van der Waals surface area (Å²) in [4.78, 5) is 44.0. The minimum absolute atomic E-state index is 0.107. The quantitative estimate of drug-likeness (QED) is 0.235. The van der Waals surface area contributed by atoms with Crippen LogP contribution < -0.4 is 10.7 Å². The van der Waals surface area contributed by atoms with E-state index in [0.29, 0.717) is 30.3 Å². The largest absolute Gasteiger partial charge is 0.309 e. The van der Waals surface area contributed by atoms with Crippen LogP contribution in [-0.2, 0) is 14.4 Å². The van der Waals surface area contributed by atoms with E-state index in [1.165, 1.54) is 17.5 Å². The van der Waals surface area contributed by atoms with Crippen LogP contribution in [0.1, 0.15) is 39.0 Å². The lowest BCUT2D eigenvalue weighted by Crippen LogP contribution is -2.51. The van der Waals surface area contributed by atoms with Gasteiger partial charge in [0.2, 0.25) is 18.2 Å². The highest BCUT2D eigenvalue weighted by Gasteiger charge is 2.37. The molecule has 0 bridgehead atoms. The molecule has 2 atom stereocenters. The molecule has 1 fully saturated rings. The molecule has 3 N–H and O–H groups in total. The van der Waals surface area contributed by atoms with Gasteiger partial charge in [-0.3, -0.25) is 24.6 Å². The Hall–Kier alpha value is -2.59. The minimum atomic E-state index is -0.690. The highest BCUT2D eigenvalue weighted by atomic mass is 16.5. The van der Waals surface area contributed by atoms with Gasteiger partial charge in [0.1, 0.15) is 18.2 Å². The molecule has 0 radical (unpaired) electrons. The van der Waals surface area contributed by atoms with Crippen molar-refractivity contribution in [2.45, 2.75) is 45.1 Å². The first-order chi connectivity index (χ1) is 13.1. The molecule has 2 heterocycles. The Morgan fingerprint density at radius 2 is 2.33 bits per heavy atom. The molecule has 0 aliphatic carbocycles. The zero-order valence-corrected chi connectivity index (χ0v) is 15.4. The smallest absolute Gasteiger partial charge is 0.250 e. The van der Waals surface area contributed by atoms with Crippen molar-refractivity contribution in [1.29, 1.82) is 0 Å². The summed E-state index contributed by atoms with van der Waals surface area (Å²) in [6, 6.07) is 0.873. The van der Waals surface area contributed by atoms with Crippen LogP contribution in [0.2, 0.25) is 0 Å². The zero-order chi connectivity index (χ0) is 19.6. The number of unbranched alkanes of at least 4 members (excludes halogenated alkanes) is 2. The lowest BCUT2D eigenvalue weighted by Gasteiger charge is -2.28. The SMILES string of the molecule is CCCCCC(CN(O)C=O)C(=O)N1NCCC1C(=O)Nc1ccncn1. The lowest BCUT2D eigenvalue weighted by molar-refractivity contribution is -0.159. The van der Waals surface area contributed by atoms with Crippen molar-refractivity contribution in [3.05, 3.63) is 18.6 Å². The van der Waals surface area contributed by atoms with E-state index in [2.05, 4.69) is 27.6 Å². The second-order valence-electron chi connectivity index (χ2n) is 6.42. The highest BCUT2D eigenvalue weighted by Crippen LogP contribution is 2.19. The summed E-state index contributed by atoms with van der Waals surface area (Å²) >= 11 is 0. The van der Waals surface area contributed by atoms with Crippen LogP contribution in [0.15, 0.2) is 18.6 Å². The fraction of sp³-hybridized carbons (Fsp3) is 0.588. The van der Waals surface area contributed by atoms with Crippen LogP contribution in [0.5, 0.6) is 0 Å². The molecule has 10 heteroatoms. The van der Waals surface area contributed by atoms with Crippen molar-refractivity contribution in [1.82, 2.24) is 25.5 Å². The lowest BCUT2D eigenvalue weighted by atomic mass is 9.99. The maximum Gasteiger partial charge on any atom is 0.250 e. The topological polar surface area (TPSA) is 128 Å². The monoisotopic (exact) mass is 378 g/mol. The summed E-state index contributed by atoms with van der Waals surface area (Å²) in [5.74, 6) is -0.897. The first-order valence-corrected chi connectivity index (χ1v) is 9.11. The molecule has 27 heavy (non-hydrogen) atoms. The number of rotatable bonds is 10. The summed E-state index contributed by atoms with van der Waals surface area (Å²) in [6.45, 7) is 2.42. The number of amides is 3. The summed E-state index contributed by atoms with van der Waals surface area (Å²) < 4.78 is 0. The molecular weight excluding hydrogens is 352 g/mol. The number of nitrogens with one attached hydrogen (secondary N) is 2. The van der Waals surface area contributed by atoms with E-state index in [1.54, 1.807) is 6.07 Å². The van der Waals surface area contributed by atoms with Gasteiger partial charge in [0.05, 0.1) is 12.5 Å². The first-order valence-electron chi connectivity index (χ1n) is 9.11. The van der Waals surface area contributed by atoms with E-state index < -0.39 is 12.0 Å². The Labute approximate surface area is 157 Å². The summed E-state index contributed by atoms with van der Waals surface area (Å²) in [6.07, 6.45) is 6.82. The molecule has 1 saturated heterocycles. The van der Waals surface area contributed by atoms with Crippen molar-refractivity contribution >= 4 is 24.0 Å². The number of anilines is 1. The summed E-state index contributed by atoms with van der Waals surface area (Å²) in [5, 5.41) is 14.0. The van der Waals surface area contributed by atoms with Crippen LogP contribution in [0.3, 0.4) is 0 Å². The maximum absolute atomic E-state index is 13.0. The van der Waals surface area contributed by atoms with Crippen molar-refractivity contribution in [3.8, 4) is 0 Å². The number of hydrogen-bond donors (Lipinski definition) is 3. The van der Waals surface area contributed by atoms with Gasteiger partial charge in [-0.15, -0.1) is 0 Å². The second-order valence-corrected chi connectivity index (χ2v) is 6.42. The van der Waals surface area contributed by atoms with Gasteiger partial charge in [-0.25, -0.2) is 20.5 Å². The van der Waals surface area contributed by atoms with Crippen LogP contribution in [-0.4, -0.2) is 62.6 Å². The normalized spacial score (nSPS) is 17.4.